The predicted octanol–water partition coefficient (Wildman–Crippen LogP) is 2.49. The third kappa shape index (κ3) is 3.44. The van der Waals surface area contributed by atoms with Crippen molar-refractivity contribution in [3.63, 3.8) is 0 Å². The van der Waals surface area contributed by atoms with Gasteiger partial charge in [-0.2, -0.15) is 0 Å². The number of aryl methyl sites for hydroxylation is 1. The van der Waals surface area contributed by atoms with Gasteiger partial charge in [0.25, 0.3) is 0 Å². The quantitative estimate of drug-likeness (QED) is 0.875. The summed E-state index contributed by atoms with van der Waals surface area (Å²) in [7, 11) is 1.70. The van der Waals surface area contributed by atoms with E-state index in [-0.39, 0.29) is 18.1 Å². The Kier molecular flexibility index (Phi) is 5.37. The van der Waals surface area contributed by atoms with Crippen molar-refractivity contribution < 1.29 is 9.53 Å². The normalized spacial score (nSPS) is 23.6. The Balaban J connectivity index is 2.24. The molecule has 116 valence electrons. The van der Waals surface area contributed by atoms with Crippen molar-refractivity contribution in [2.45, 2.75) is 39.4 Å². The monoisotopic (exact) mass is 290 g/mol. The lowest BCUT2D eigenvalue weighted by atomic mass is 10.1. The van der Waals surface area contributed by atoms with E-state index in [0.717, 1.165) is 13.0 Å². The van der Waals surface area contributed by atoms with E-state index >= 15 is 0 Å². The van der Waals surface area contributed by atoms with E-state index in [1.807, 2.05) is 24.0 Å². The summed E-state index contributed by atoms with van der Waals surface area (Å²) < 4.78 is 5.21. The van der Waals surface area contributed by atoms with Crippen LogP contribution in [0.2, 0.25) is 0 Å². The minimum Gasteiger partial charge on any atom is -0.384 e. The Bertz CT molecular complexity index is 489. The Labute approximate surface area is 127 Å². The molecule has 1 fully saturated rings. The van der Waals surface area contributed by atoms with Gasteiger partial charge < -0.3 is 9.64 Å². The van der Waals surface area contributed by atoms with Crippen molar-refractivity contribution in [2.75, 3.05) is 20.3 Å². The summed E-state index contributed by atoms with van der Waals surface area (Å²) in [6, 6.07) is 8.18. The molecule has 0 bridgehead atoms. The largest absolute Gasteiger partial charge is 0.384 e. The number of nitrogens with one attached hydrogen (secondary N) is 1. The van der Waals surface area contributed by atoms with Crippen molar-refractivity contribution in [3.05, 3.63) is 35.4 Å². The number of rotatable bonds is 6. The van der Waals surface area contributed by atoms with Crippen molar-refractivity contribution in [1.82, 2.24) is 10.2 Å². The van der Waals surface area contributed by atoms with Gasteiger partial charge in [-0.15, -0.1) is 0 Å². The summed E-state index contributed by atoms with van der Waals surface area (Å²) in [4.78, 5) is 14.6. The molecule has 0 radical (unpaired) electrons. The Hall–Kier alpha value is -1.39. The zero-order valence-electron chi connectivity index (χ0n) is 13.4. The summed E-state index contributed by atoms with van der Waals surface area (Å²) in [6.45, 7) is 7.64. The van der Waals surface area contributed by atoms with Crippen molar-refractivity contribution in [1.29, 1.82) is 0 Å². The lowest BCUT2D eigenvalue weighted by molar-refractivity contribution is -0.131. The highest BCUT2D eigenvalue weighted by Gasteiger charge is 2.39. The highest BCUT2D eigenvalue weighted by atomic mass is 16.5. The number of hydrogen-bond donors (Lipinski definition) is 1. The fourth-order valence-electron chi connectivity index (χ4n) is 2.99. The average Bonchev–Trinajstić information content (AvgIpc) is 2.77. The van der Waals surface area contributed by atoms with E-state index in [1.165, 1.54) is 11.1 Å². The molecule has 1 aliphatic rings. The minimum absolute atomic E-state index is 0.0250. The number of carbonyl (C=O) groups excluding carboxylic acids is 1. The van der Waals surface area contributed by atoms with E-state index in [2.05, 4.69) is 31.3 Å². The highest BCUT2D eigenvalue weighted by Crippen LogP contribution is 2.29. The second-order valence-corrected chi connectivity index (χ2v) is 5.94. The molecule has 1 aromatic carbocycles. The second-order valence-electron chi connectivity index (χ2n) is 5.94. The van der Waals surface area contributed by atoms with Crippen LogP contribution in [0.1, 0.15) is 37.6 Å². The molecule has 1 saturated heterocycles. The van der Waals surface area contributed by atoms with Gasteiger partial charge in [-0.3, -0.25) is 10.1 Å². The highest BCUT2D eigenvalue weighted by molar-refractivity contribution is 5.84. The molecule has 3 unspecified atom stereocenters. The van der Waals surface area contributed by atoms with Gasteiger partial charge in [0.15, 0.2) is 0 Å². The topological polar surface area (TPSA) is 41.6 Å². The zero-order valence-corrected chi connectivity index (χ0v) is 13.4. The smallest absolute Gasteiger partial charge is 0.241 e. The van der Waals surface area contributed by atoms with E-state index < -0.39 is 0 Å². The maximum Gasteiger partial charge on any atom is 0.241 e. The van der Waals surface area contributed by atoms with Crippen LogP contribution in [-0.2, 0) is 9.53 Å². The molecule has 0 aromatic heterocycles. The standard InChI is InChI=1S/C17H26N2O2/c1-5-15-17(20)19(10-12(2)11-21-4)16(18-15)14-9-7-6-8-13(14)3/h6-9,12,15-16,18H,5,10-11H2,1-4H3. The Morgan fingerprint density at radius 3 is 2.71 bits per heavy atom. The van der Waals surface area contributed by atoms with Crippen molar-refractivity contribution in [3.8, 4) is 0 Å². The van der Waals surface area contributed by atoms with Gasteiger partial charge in [0.1, 0.15) is 6.17 Å². The molecule has 0 aliphatic carbocycles. The summed E-state index contributed by atoms with van der Waals surface area (Å²) in [5.41, 5.74) is 2.40. The van der Waals surface area contributed by atoms with Gasteiger partial charge in [0.05, 0.1) is 12.6 Å². The number of ether oxygens (including phenoxy) is 1. The SMILES string of the molecule is CCC1NC(c2ccccc2C)N(CC(C)COC)C1=O. The third-order valence-corrected chi connectivity index (χ3v) is 4.10. The lowest BCUT2D eigenvalue weighted by Crippen LogP contribution is -2.36. The number of benzene rings is 1. The molecule has 0 spiro atoms. The maximum atomic E-state index is 12.6. The number of amides is 1. The van der Waals surface area contributed by atoms with Crippen LogP contribution < -0.4 is 5.32 Å². The van der Waals surface area contributed by atoms with Gasteiger partial charge in [-0.25, -0.2) is 0 Å². The van der Waals surface area contributed by atoms with Crippen LogP contribution in [-0.4, -0.2) is 37.1 Å². The van der Waals surface area contributed by atoms with E-state index in [9.17, 15) is 4.79 Å². The lowest BCUT2D eigenvalue weighted by Gasteiger charge is -2.28. The van der Waals surface area contributed by atoms with E-state index in [0.29, 0.717) is 12.5 Å². The maximum absolute atomic E-state index is 12.6. The van der Waals surface area contributed by atoms with Crippen LogP contribution >= 0.6 is 0 Å². The molecule has 3 atom stereocenters. The number of carbonyl (C=O) groups is 1. The Morgan fingerprint density at radius 2 is 2.10 bits per heavy atom. The summed E-state index contributed by atoms with van der Waals surface area (Å²) in [5.74, 6) is 0.525. The molecule has 21 heavy (non-hydrogen) atoms. The van der Waals surface area contributed by atoms with Crippen LogP contribution in [0.4, 0.5) is 0 Å². The molecule has 2 rings (SSSR count). The predicted molar refractivity (Wildman–Crippen MR) is 83.9 cm³/mol. The van der Waals surface area contributed by atoms with Crippen molar-refractivity contribution >= 4 is 5.91 Å². The summed E-state index contributed by atoms with van der Waals surface area (Å²) >= 11 is 0. The second kappa shape index (κ2) is 7.05. The van der Waals surface area contributed by atoms with Crippen LogP contribution in [0.25, 0.3) is 0 Å². The fourth-order valence-corrected chi connectivity index (χ4v) is 2.99. The summed E-state index contributed by atoms with van der Waals surface area (Å²) in [6.07, 6.45) is 0.791. The molecule has 0 saturated carbocycles. The van der Waals surface area contributed by atoms with Crippen LogP contribution in [0.5, 0.6) is 0 Å². The van der Waals surface area contributed by atoms with E-state index in [4.69, 9.17) is 4.74 Å². The molecule has 1 aliphatic heterocycles. The van der Waals surface area contributed by atoms with Crippen molar-refractivity contribution in [2.24, 2.45) is 5.92 Å². The Morgan fingerprint density at radius 1 is 1.38 bits per heavy atom. The molecule has 4 heteroatoms. The molecule has 1 N–H and O–H groups in total. The number of hydrogen-bond acceptors (Lipinski definition) is 3. The zero-order chi connectivity index (χ0) is 15.4. The first-order chi connectivity index (χ1) is 10.1. The third-order valence-electron chi connectivity index (χ3n) is 4.10. The first-order valence-corrected chi connectivity index (χ1v) is 7.69. The van der Waals surface area contributed by atoms with Crippen LogP contribution in [0, 0.1) is 12.8 Å². The first-order valence-electron chi connectivity index (χ1n) is 7.69. The van der Waals surface area contributed by atoms with Gasteiger partial charge in [-0.05, 0) is 30.4 Å². The van der Waals surface area contributed by atoms with Gasteiger partial charge in [0, 0.05) is 13.7 Å². The molecule has 1 amide bonds. The molecular weight excluding hydrogens is 264 g/mol. The molecule has 1 heterocycles. The number of nitrogens with zero attached hydrogens (tertiary/aromatic N) is 1. The molecular formula is C17H26N2O2. The van der Waals surface area contributed by atoms with Crippen LogP contribution in [0.3, 0.4) is 0 Å². The van der Waals surface area contributed by atoms with Crippen LogP contribution in [0.15, 0.2) is 24.3 Å². The summed E-state index contributed by atoms with van der Waals surface area (Å²) in [5, 5.41) is 3.48. The van der Waals surface area contributed by atoms with Gasteiger partial charge in [0.2, 0.25) is 5.91 Å². The van der Waals surface area contributed by atoms with Gasteiger partial charge in [-0.1, -0.05) is 38.1 Å². The van der Waals surface area contributed by atoms with E-state index in [1.54, 1.807) is 7.11 Å². The molecule has 4 nitrogen and oxygen atoms in total. The minimum atomic E-state index is -0.0793. The average molecular weight is 290 g/mol. The number of methoxy groups -OCH3 is 1. The fraction of sp³-hybridized carbons (Fsp3) is 0.588. The first kappa shape index (κ1) is 16.0. The van der Waals surface area contributed by atoms with Gasteiger partial charge >= 0.3 is 0 Å². The molecule has 1 aromatic rings.